The molecule has 9 rings (SSSR count). The van der Waals surface area contributed by atoms with Crippen molar-refractivity contribution < 1.29 is 27.4 Å². The number of hydrogen-bond acceptors (Lipinski definition) is 6. The van der Waals surface area contributed by atoms with Crippen molar-refractivity contribution >= 4 is 0 Å². The summed E-state index contributed by atoms with van der Waals surface area (Å²) in [5, 5.41) is 9.97. The van der Waals surface area contributed by atoms with Crippen LogP contribution in [0.2, 0.25) is 0 Å². The maximum absolute atomic E-state index is 12.9. The van der Waals surface area contributed by atoms with Crippen molar-refractivity contribution in [1.82, 2.24) is 16.0 Å². The summed E-state index contributed by atoms with van der Waals surface area (Å²) in [6.45, 7) is 4.87. The Balaban J connectivity index is 0.000000128. The predicted molar refractivity (Wildman–Crippen MR) is 164 cm³/mol. The topological polar surface area (TPSA) is 63.8 Å². The van der Waals surface area contributed by atoms with E-state index in [0.717, 1.165) is 72.3 Å². The molecule has 9 heteroatoms. The molecule has 0 spiro atoms. The number of benzene rings is 3. The third kappa shape index (κ3) is 6.59. The van der Waals surface area contributed by atoms with Crippen molar-refractivity contribution in [1.29, 1.82) is 0 Å². The van der Waals surface area contributed by atoms with Crippen molar-refractivity contribution in [3.63, 3.8) is 0 Å². The molecule has 6 aliphatic heterocycles. The van der Waals surface area contributed by atoms with Crippen LogP contribution in [0.1, 0.15) is 85.8 Å². The van der Waals surface area contributed by atoms with Gasteiger partial charge in [-0.25, -0.2) is 13.2 Å². The molecule has 0 radical (unpaired) electrons. The monoisotopic (exact) mass is 611 g/mol. The minimum atomic E-state index is -0.172. The number of halogens is 3. The summed E-state index contributed by atoms with van der Waals surface area (Å²) in [5.41, 5.74) is 6.48. The average Bonchev–Trinajstić information content (AvgIpc) is 3.60. The molecule has 0 aliphatic carbocycles. The van der Waals surface area contributed by atoms with Gasteiger partial charge in [-0.2, -0.15) is 0 Å². The number of fused-ring (bicyclic) bond motifs is 3. The molecule has 3 fully saturated rings. The second-order valence-electron chi connectivity index (χ2n) is 11.8. The Bertz CT molecular complexity index is 1260. The standard InChI is InChI=1S/3C11H12FNO.2CH4/c3*12-8-1-2-9-7(5-8)6-14-11(9)10-3-4-13-10;;/h3*1-2,5,10-11,13H,3-4,6H2;2*1H4/t10-,11?;10-,11+;10-,11-;;/m000../s1. The molecule has 0 bridgehead atoms. The maximum atomic E-state index is 12.9. The summed E-state index contributed by atoms with van der Waals surface area (Å²) in [6, 6.07) is 16.1. The summed E-state index contributed by atoms with van der Waals surface area (Å²) in [4.78, 5) is 0. The van der Waals surface area contributed by atoms with Crippen LogP contribution in [0.15, 0.2) is 54.6 Å². The Hall–Kier alpha value is -2.79. The van der Waals surface area contributed by atoms with Gasteiger partial charge >= 0.3 is 0 Å². The fourth-order valence-corrected chi connectivity index (χ4v) is 6.45. The summed E-state index contributed by atoms with van der Waals surface area (Å²) in [7, 11) is 0. The van der Waals surface area contributed by atoms with Crippen molar-refractivity contribution in [2.45, 2.75) is 90.4 Å². The van der Waals surface area contributed by atoms with E-state index in [4.69, 9.17) is 14.2 Å². The lowest BCUT2D eigenvalue weighted by atomic mass is 9.94. The molecule has 1 unspecified atom stereocenters. The highest BCUT2D eigenvalue weighted by molar-refractivity contribution is 5.35. The van der Waals surface area contributed by atoms with E-state index in [0.29, 0.717) is 37.9 Å². The minimum absolute atomic E-state index is 0. The van der Waals surface area contributed by atoms with E-state index >= 15 is 0 Å². The summed E-state index contributed by atoms with van der Waals surface area (Å²) >= 11 is 0. The molecule has 44 heavy (non-hydrogen) atoms. The van der Waals surface area contributed by atoms with Gasteiger partial charge in [0.15, 0.2) is 0 Å². The van der Waals surface area contributed by atoms with Crippen molar-refractivity contribution in [3.8, 4) is 0 Å². The van der Waals surface area contributed by atoms with Crippen molar-refractivity contribution in [3.05, 3.63) is 105 Å². The zero-order valence-electron chi connectivity index (χ0n) is 23.4. The molecular weight excluding hydrogens is 567 g/mol. The third-order valence-electron chi connectivity index (χ3n) is 9.17. The molecule has 3 N–H and O–H groups in total. The van der Waals surface area contributed by atoms with Gasteiger partial charge in [-0.05, 0) is 109 Å². The fraction of sp³-hybridized carbons (Fsp3) is 0.486. The van der Waals surface area contributed by atoms with Gasteiger partial charge in [0.05, 0.1) is 38.1 Å². The van der Waals surface area contributed by atoms with E-state index in [-0.39, 0.29) is 50.6 Å². The molecule has 6 atom stereocenters. The van der Waals surface area contributed by atoms with Gasteiger partial charge in [0.1, 0.15) is 17.5 Å². The highest BCUT2D eigenvalue weighted by Gasteiger charge is 2.36. The molecule has 3 aromatic carbocycles. The van der Waals surface area contributed by atoms with Gasteiger partial charge in [0.25, 0.3) is 0 Å². The Morgan fingerprint density at radius 3 is 0.977 bits per heavy atom. The summed E-state index contributed by atoms with van der Waals surface area (Å²) in [6.07, 6.45) is 3.88. The molecule has 238 valence electrons. The zero-order valence-corrected chi connectivity index (χ0v) is 23.4. The van der Waals surface area contributed by atoms with Gasteiger partial charge in [-0.1, -0.05) is 33.1 Å². The van der Waals surface area contributed by atoms with Crippen LogP contribution in [0.3, 0.4) is 0 Å². The lowest BCUT2D eigenvalue weighted by Crippen LogP contribution is -2.46. The van der Waals surface area contributed by atoms with Crippen LogP contribution in [-0.2, 0) is 34.0 Å². The van der Waals surface area contributed by atoms with Crippen LogP contribution in [0.4, 0.5) is 13.2 Å². The van der Waals surface area contributed by atoms with Crippen molar-refractivity contribution in [2.24, 2.45) is 0 Å². The highest BCUT2D eigenvalue weighted by Crippen LogP contribution is 2.38. The molecule has 6 nitrogen and oxygen atoms in total. The largest absolute Gasteiger partial charge is 0.367 e. The van der Waals surface area contributed by atoms with Gasteiger partial charge in [0, 0.05) is 18.1 Å². The predicted octanol–water partition coefficient (Wildman–Crippen LogP) is 6.55. The Morgan fingerprint density at radius 2 is 0.750 bits per heavy atom. The summed E-state index contributed by atoms with van der Waals surface area (Å²) in [5.74, 6) is -0.515. The molecule has 0 amide bonds. The number of ether oxygens (including phenoxy) is 3. The molecule has 6 heterocycles. The van der Waals surface area contributed by atoms with Crippen LogP contribution < -0.4 is 16.0 Å². The Kier molecular flexibility index (Phi) is 10.4. The van der Waals surface area contributed by atoms with E-state index in [1.807, 2.05) is 18.2 Å². The second kappa shape index (κ2) is 14.1. The molecule has 0 saturated carbocycles. The van der Waals surface area contributed by atoms with E-state index in [1.54, 1.807) is 18.2 Å². The normalized spacial score (nSPS) is 28.4. The van der Waals surface area contributed by atoms with E-state index in [2.05, 4.69) is 16.0 Å². The third-order valence-corrected chi connectivity index (χ3v) is 9.17. The Labute approximate surface area is 258 Å². The Morgan fingerprint density at radius 1 is 0.477 bits per heavy atom. The molecule has 6 aliphatic rings. The zero-order chi connectivity index (χ0) is 28.6. The van der Waals surface area contributed by atoms with Crippen LogP contribution in [0.25, 0.3) is 0 Å². The van der Waals surface area contributed by atoms with E-state index in [9.17, 15) is 13.2 Å². The highest BCUT2D eigenvalue weighted by atomic mass is 19.1. The van der Waals surface area contributed by atoms with Gasteiger partial charge in [-0.15, -0.1) is 0 Å². The molecular formula is C35H44F3N3O3. The first-order valence-corrected chi connectivity index (χ1v) is 14.9. The maximum Gasteiger partial charge on any atom is 0.123 e. The first-order valence-electron chi connectivity index (χ1n) is 14.9. The lowest BCUT2D eigenvalue weighted by molar-refractivity contribution is 0.0193. The quantitative estimate of drug-likeness (QED) is 0.312. The van der Waals surface area contributed by atoms with Crippen molar-refractivity contribution in [2.75, 3.05) is 19.6 Å². The lowest BCUT2D eigenvalue weighted by Gasteiger charge is -2.32. The van der Waals surface area contributed by atoms with Crippen LogP contribution >= 0.6 is 0 Å². The van der Waals surface area contributed by atoms with Crippen LogP contribution in [0, 0.1) is 17.5 Å². The SMILES string of the molecule is C.C.Fc1ccc2c(c1)COC2[C@@H]1CCN1.Fc1ccc2c(c1)CO[C@@H]2[C@@H]1CCN1.Fc1ccc2c(c1)CO[C@H]2[C@@H]1CCN1. The average molecular weight is 612 g/mol. The van der Waals surface area contributed by atoms with Gasteiger partial charge in [0.2, 0.25) is 0 Å². The first-order chi connectivity index (χ1) is 20.5. The fourth-order valence-electron chi connectivity index (χ4n) is 6.45. The minimum Gasteiger partial charge on any atom is -0.367 e. The number of rotatable bonds is 3. The van der Waals surface area contributed by atoms with E-state index in [1.165, 1.54) is 18.2 Å². The van der Waals surface area contributed by atoms with Gasteiger partial charge in [-0.3, -0.25) is 0 Å². The molecule has 3 saturated heterocycles. The summed E-state index contributed by atoms with van der Waals surface area (Å²) < 4.78 is 55.7. The van der Waals surface area contributed by atoms with Crippen LogP contribution in [-0.4, -0.2) is 37.8 Å². The number of nitrogens with one attached hydrogen (secondary N) is 3. The van der Waals surface area contributed by atoms with Crippen LogP contribution in [0.5, 0.6) is 0 Å². The van der Waals surface area contributed by atoms with E-state index < -0.39 is 0 Å². The molecule has 0 aromatic heterocycles. The first kappa shape index (κ1) is 32.6. The number of hydrogen-bond donors (Lipinski definition) is 3. The molecule has 3 aromatic rings. The second-order valence-corrected chi connectivity index (χ2v) is 11.8. The smallest absolute Gasteiger partial charge is 0.123 e. The van der Waals surface area contributed by atoms with Gasteiger partial charge < -0.3 is 30.2 Å².